The average Bonchev–Trinajstić information content (AvgIpc) is 2.87. The summed E-state index contributed by atoms with van der Waals surface area (Å²) in [6, 6.07) is 2.25. The molecular weight excluding hydrogens is 478 g/mol. The first-order valence-electron chi connectivity index (χ1n) is 12.7. The van der Waals surface area contributed by atoms with E-state index < -0.39 is 29.4 Å². The third-order valence-corrected chi connectivity index (χ3v) is 6.39. The molecule has 2 rings (SSSR count). The molecule has 0 aliphatic carbocycles. The Balaban J connectivity index is 2.02. The fraction of sp³-hybridized carbons (Fsp3) is 0.577. The molecule has 0 aromatic carbocycles. The lowest BCUT2D eigenvalue weighted by Crippen LogP contribution is -2.47. The van der Waals surface area contributed by atoms with Crippen molar-refractivity contribution in [2.45, 2.75) is 65.1 Å². The summed E-state index contributed by atoms with van der Waals surface area (Å²) < 4.78 is 6.08. The van der Waals surface area contributed by atoms with Gasteiger partial charge in [0.15, 0.2) is 0 Å². The van der Waals surface area contributed by atoms with Crippen LogP contribution in [0.5, 0.6) is 0 Å². The number of hydrogen-bond donors (Lipinski definition) is 2. The first-order chi connectivity index (χ1) is 17.7. The summed E-state index contributed by atoms with van der Waals surface area (Å²) in [4.78, 5) is 65.8. The molecule has 1 saturated heterocycles. The molecule has 11 nitrogen and oxygen atoms in total. The Morgan fingerprint density at radius 3 is 2.54 bits per heavy atom. The van der Waals surface area contributed by atoms with Crippen molar-refractivity contribution in [2.24, 2.45) is 0 Å². The first-order valence-corrected chi connectivity index (χ1v) is 12.7. The van der Waals surface area contributed by atoms with E-state index in [2.05, 4.69) is 22.5 Å². The summed E-state index contributed by atoms with van der Waals surface area (Å²) in [5.74, 6) is -1.64. The molecule has 1 fully saturated rings. The molecule has 0 radical (unpaired) electrons. The molecule has 1 atom stereocenters. The molecule has 0 saturated carbocycles. The Bertz CT molecular complexity index is 1030. The van der Waals surface area contributed by atoms with Gasteiger partial charge in [-0.2, -0.15) is 0 Å². The number of likely N-dealkylation sites (tertiary alicyclic amines) is 1. The summed E-state index contributed by atoms with van der Waals surface area (Å²) in [6.07, 6.45) is 6.65. The van der Waals surface area contributed by atoms with Crippen LogP contribution < -0.4 is 16.2 Å². The molecule has 3 amide bonds. The summed E-state index contributed by atoms with van der Waals surface area (Å²) in [7, 11) is 1.76. The molecule has 1 aliphatic rings. The van der Waals surface area contributed by atoms with Crippen molar-refractivity contribution in [1.29, 1.82) is 0 Å². The van der Waals surface area contributed by atoms with E-state index in [4.69, 9.17) is 4.74 Å². The maximum absolute atomic E-state index is 13.0. The number of aromatic nitrogens is 1. The standard InChI is InChI=1S/C26H39N5O6/c1-5-30-16-13-20(14-17-30)29(4)23(33)18-31-15-9-11-22(26(31)36)28-25(35)21(27-19(3)32)10-7-8-12-24(34)37-6-2/h8-9,11-12,15,20-21H,5-7,10,13-14,16-18H2,1-4H3,(H,27,32)(H,28,35)/b12-8+/t21-/m0/s1. The number of pyridine rings is 1. The Hall–Kier alpha value is -3.47. The SMILES string of the molecule is CCOC(=O)/C=C/CC[C@H](NC(C)=O)C(=O)Nc1cccn(CC(=O)N(C)C2CCN(CC)CC2)c1=O. The number of likely N-dealkylation sites (N-methyl/N-ethyl adjacent to an activating group) is 1. The topological polar surface area (TPSA) is 130 Å². The monoisotopic (exact) mass is 517 g/mol. The van der Waals surface area contributed by atoms with Crippen LogP contribution in [0, 0.1) is 0 Å². The minimum Gasteiger partial charge on any atom is -0.463 e. The fourth-order valence-electron chi connectivity index (χ4n) is 4.21. The largest absolute Gasteiger partial charge is 0.463 e. The van der Waals surface area contributed by atoms with Crippen LogP contribution in [-0.2, 0) is 30.5 Å². The number of amides is 3. The number of allylic oxidation sites excluding steroid dienone is 1. The van der Waals surface area contributed by atoms with Gasteiger partial charge in [0.25, 0.3) is 5.56 Å². The molecule has 11 heteroatoms. The van der Waals surface area contributed by atoms with Crippen molar-refractivity contribution in [3.05, 3.63) is 40.8 Å². The molecule has 0 unspecified atom stereocenters. The van der Waals surface area contributed by atoms with Gasteiger partial charge < -0.3 is 29.7 Å². The van der Waals surface area contributed by atoms with E-state index >= 15 is 0 Å². The van der Waals surface area contributed by atoms with Gasteiger partial charge in [-0.3, -0.25) is 19.2 Å². The van der Waals surface area contributed by atoms with Crippen molar-refractivity contribution >= 4 is 29.4 Å². The Kier molecular flexibility index (Phi) is 12.0. The number of esters is 1. The van der Waals surface area contributed by atoms with Crippen molar-refractivity contribution in [3.63, 3.8) is 0 Å². The molecule has 1 aromatic heterocycles. The maximum atomic E-state index is 13.0. The van der Waals surface area contributed by atoms with E-state index in [0.717, 1.165) is 32.5 Å². The van der Waals surface area contributed by atoms with E-state index in [-0.39, 0.29) is 37.2 Å². The second-order valence-corrected chi connectivity index (χ2v) is 9.00. The number of hydrogen-bond acceptors (Lipinski definition) is 7. The predicted molar refractivity (Wildman–Crippen MR) is 140 cm³/mol. The fourth-order valence-corrected chi connectivity index (χ4v) is 4.21. The number of carbonyl (C=O) groups excluding carboxylic acids is 4. The van der Waals surface area contributed by atoms with Crippen LogP contribution in [0.2, 0.25) is 0 Å². The van der Waals surface area contributed by atoms with E-state index in [0.29, 0.717) is 6.42 Å². The molecule has 1 aromatic rings. The van der Waals surface area contributed by atoms with Crippen LogP contribution in [-0.4, -0.2) is 83.4 Å². The molecule has 2 heterocycles. The minimum absolute atomic E-state index is 0.0108. The number of nitrogens with zero attached hydrogens (tertiary/aromatic N) is 3. The highest BCUT2D eigenvalue weighted by molar-refractivity contribution is 5.96. The van der Waals surface area contributed by atoms with E-state index in [1.165, 1.54) is 29.8 Å². The zero-order chi connectivity index (χ0) is 27.4. The summed E-state index contributed by atoms with van der Waals surface area (Å²) in [6.45, 7) is 8.10. The number of ether oxygens (including phenoxy) is 1. The zero-order valence-corrected chi connectivity index (χ0v) is 22.2. The molecule has 2 N–H and O–H groups in total. The van der Waals surface area contributed by atoms with Crippen molar-refractivity contribution in [2.75, 3.05) is 38.6 Å². The van der Waals surface area contributed by atoms with Crippen molar-refractivity contribution < 1.29 is 23.9 Å². The lowest BCUT2D eigenvalue weighted by atomic mass is 10.0. The molecule has 1 aliphatic heterocycles. The molecular formula is C26H39N5O6. The van der Waals surface area contributed by atoms with Gasteiger partial charge in [0, 0.05) is 45.4 Å². The third-order valence-electron chi connectivity index (χ3n) is 6.39. The van der Waals surface area contributed by atoms with Gasteiger partial charge in [-0.05, 0) is 51.3 Å². The van der Waals surface area contributed by atoms with Gasteiger partial charge >= 0.3 is 5.97 Å². The van der Waals surface area contributed by atoms with Crippen LogP contribution >= 0.6 is 0 Å². The Morgan fingerprint density at radius 2 is 1.92 bits per heavy atom. The van der Waals surface area contributed by atoms with Gasteiger partial charge in [-0.15, -0.1) is 0 Å². The summed E-state index contributed by atoms with van der Waals surface area (Å²) >= 11 is 0. The van der Waals surface area contributed by atoms with Crippen LogP contribution in [0.15, 0.2) is 35.3 Å². The van der Waals surface area contributed by atoms with Crippen molar-refractivity contribution in [3.8, 4) is 0 Å². The van der Waals surface area contributed by atoms with Crippen LogP contribution in [0.25, 0.3) is 0 Å². The quantitative estimate of drug-likeness (QED) is 0.314. The lowest BCUT2D eigenvalue weighted by Gasteiger charge is -2.36. The maximum Gasteiger partial charge on any atom is 0.330 e. The molecule has 204 valence electrons. The summed E-state index contributed by atoms with van der Waals surface area (Å²) in [5.41, 5.74) is -0.501. The van der Waals surface area contributed by atoms with E-state index in [1.54, 1.807) is 31.0 Å². The number of piperidine rings is 1. The van der Waals surface area contributed by atoms with Gasteiger partial charge in [0.05, 0.1) is 6.61 Å². The smallest absolute Gasteiger partial charge is 0.330 e. The third kappa shape index (κ3) is 9.49. The predicted octanol–water partition coefficient (Wildman–Crippen LogP) is 1.13. The van der Waals surface area contributed by atoms with Gasteiger partial charge in [-0.25, -0.2) is 4.79 Å². The van der Waals surface area contributed by atoms with Crippen LogP contribution in [0.4, 0.5) is 5.69 Å². The molecule has 37 heavy (non-hydrogen) atoms. The second kappa shape index (κ2) is 14.9. The molecule has 0 bridgehead atoms. The minimum atomic E-state index is -0.917. The Morgan fingerprint density at radius 1 is 1.22 bits per heavy atom. The van der Waals surface area contributed by atoms with E-state index in [1.807, 2.05) is 0 Å². The first kappa shape index (κ1) is 29.8. The number of anilines is 1. The number of rotatable bonds is 12. The van der Waals surface area contributed by atoms with Crippen molar-refractivity contribution in [1.82, 2.24) is 19.7 Å². The molecule has 0 spiro atoms. The highest BCUT2D eigenvalue weighted by Crippen LogP contribution is 2.15. The van der Waals surface area contributed by atoms with Gasteiger partial charge in [0.1, 0.15) is 18.3 Å². The zero-order valence-electron chi connectivity index (χ0n) is 22.2. The highest BCUT2D eigenvalue weighted by atomic mass is 16.5. The van der Waals surface area contributed by atoms with Gasteiger partial charge in [-0.1, -0.05) is 13.0 Å². The Labute approximate surface area is 217 Å². The van der Waals surface area contributed by atoms with Crippen LogP contribution in [0.1, 0.15) is 46.5 Å². The number of nitrogens with one attached hydrogen (secondary N) is 2. The van der Waals surface area contributed by atoms with Gasteiger partial charge in [0.2, 0.25) is 17.7 Å². The highest BCUT2D eigenvalue weighted by Gasteiger charge is 2.25. The summed E-state index contributed by atoms with van der Waals surface area (Å²) in [5, 5.41) is 5.13. The number of carbonyl (C=O) groups is 4. The lowest BCUT2D eigenvalue weighted by molar-refractivity contribution is -0.137. The second-order valence-electron chi connectivity index (χ2n) is 9.00. The normalized spacial score (nSPS) is 15.2. The average molecular weight is 518 g/mol. The van der Waals surface area contributed by atoms with Crippen LogP contribution in [0.3, 0.4) is 0 Å². The van der Waals surface area contributed by atoms with E-state index in [9.17, 15) is 24.0 Å².